The number of halogens is 3. The van der Waals surface area contributed by atoms with Gasteiger partial charge in [0, 0.05) is 5.88 Å². The van der Waals surface area contributed by atoms with Crippen LogP contribution in [0.15, 0.2) is 0 Å². The van der Waals surface area contributed by atoms with Gasteiger partial charge in [0.2, 0.25) is 0 Å². The number of fused-ring (bicyclic) bond motifs is 1. The maximum absolute atomic E-state index is 5.47. The van der Waals surface area contributed by atoms with Crippen LogP contribution in [0.1, 0.15) is 26.2 Å². The molecule has 0 saturated carbocycles. The molecule has 0 N–H and O–H groups in total. The van der Waals surface area contributed by atoms with Crippen molar-refractivity contribution in [2.24, 2.45) is 0 Å². The maximum atomic E-state index is 5.47. The minimum absolute atomic E-state index is 0.486. The summed E-state index contributed by atoms with van der Waals surface area (Å²) < 4.78 is 0. The molecule has 2 nitrogen and oxygen atoms in total. The lowest BCUT2D eigenvalue weighted by atomic mass is 10.2. The summed E-state index contributed by atoms with van der Waals surface area (Å²) in [6, 6.07) is 0. The summed E-state index contributed by atoms with van der Waals surface area (Å²) in [5, 5.41) is 0.972. The second-order valence-corrected chi connectivity index (χ2v) is 3.99. The number of hydrogen-bond donors (Lipinski definition) is 0. The van der Waals surface area contributed by atoms with Crippen LogP contribution in [0.3, 0.4) is 0 Å². The van der Waals surface area contributed by atoms with E-state index in [-0.39, 0.29) is 0 Å². The van der Waals surface area contributed by atoms with E-state index in [2.05, 4.69) is 16.9 Å². The van der Waals surface area contributed by atoms with Gasteiger partial charge in [0.1, 0.15) is 10.3 Å². The highest BCUT2D eigenvalue weighted by molar-refractivity contribution is 6.39. The van der Waals surface area contributed by atoms with Gasteiger partial charge in [0.15, 0.2) is 5.82 Å². The van der Waals surface area contributed by atoms with E-state index in [1.807, 2.05) is 0 Å². The predicted octanol–water partition coefficient (Wildman–Crippen LogP) is 4.18. The molecule has 2 aliphatic heterocycles. The highest BCUT2D eigenvalue weighted by Gasteiger charge is 2.25. The van der Waals surface area contributed by atoms with Crippen LogP contribution >= 0.6 is 34.8 Å². The summed E-state index contributed by atoms with van der Waals surface area (Å²) in [7, 11) is 0. The second kappa shape index (κ2) is 5.74. The van der Waals surface area contributed by atoms with E-state index in [4.69, 9.17) is 34.8 Å². The van der Waals surface area contributed by atoms with Gasteiger partial charge < -0.3 is 0 Å². The van der Waals surface area contributed by atoms with Crippen LogP contribution in [-0.4, -0.2) is 15.8 Å². The molecule has 0 aromatic carbocycles. The lowest BCUT2D eigenvalue weighted by Crippen LogP contribution is -2.05. The standard InChI is InChI=1S/C5H11Cl.C4Cl2N2/c1-2-3-4-5-6;5-2-1-3(6)8-4(1)7-2/h2-5H2,1H3;. The van der Waals surface area contributed by atoms with Crippen molar-refractivity contribution in [3.05, 3.63) is 10.3 Å². The molecule has 0 spiro atoms. The largest absolute Gasteiger partial charge is 0.215 e. The molecular formula is C9H11Cl3N2. The highest BCUT2D eigenvalue weighted by Crippen LogP contribution is 2.40. The van der Waals surface area contributed by atoms with Gasteiger partial charge in [-0.3, -0.25) is 0 Å². The smallest absolute Gasteiger partial charge is 0.168 e. The first-order chi connectivity index (χ1) is 6.70. The van der Waals surface area contributed by atoms with Gasteiger partial charge in [-0.25, -0.2) is 9.97 Å². The Balaban J connectivity index is 0.000000149. The number of alkyl halides is 1. The first-order valence-electron chi connectivity index (χ1n) is 4.50. The summed E-state index contributed by atoms with van der Waals surface area (Å²) in [5.41, 5.74) is 0.827. The van der Waals surface area contributed by atoms with Crippen molar-refractivity contribution >= 4 is 34.8 Å². The average molecular weight is 254 g/mol. The van der Waals surface area contributed by atoms with Gasteiger partial charge in [0.25, 0.3) is 0 Å². The summed E-state index contributed by atoms with van der Waals surface area (Å²) in [6.45, 7) is 2.17. The Hall–Kier alpha value is -0.0500. The molecule has 0 radical (unpaired) electrons. The fraction of sp³-hybridized carbons (Fsp3) is 0.556. The molecule has 2 heterocycles. The second-order valence-electron chi connectivity index (χ2n) is 2.90. The van der Waals surface area contributed by atoms with Crippen LogP contribution in [0.2, 0.25) is 10.3 Å². The van der Waals surface area contributed by atoms with Crippen molar-refractivity contribution in [1.29, 1.82) is 0 Å². The molecule has 78 valence electrons. The van der Waals surface area contributed by atoms with Crippen molar-refractivity contribution in [2.75, 3.05) is 5.88 Å². The number of hydrogen-bond acceptors (Lipinski definition) is 2. The van der Waals surface area contributed by atoms with E-state index in [0.717, 1.165) is 11.4 Å². The van der Waals surface area contributed by atoms with Crippen LogP contribution in [0.25, 0.3) is 11.4 Å². The van der Waals surface area contributed by atoms with Gasteiger partial charge in [-0.15, -0.1) is 11.6 Å². The van der Waals surface area contributed by atoms with Gasteiger partial charge in [-0.1, -0.05) is 43.0 Å². The average Bonchev–Trinajstić information content (AvgIpc) is 2.13. The van der Waals surface area contributed by atoms with Crippen LogP contribution in [-0.2, 0) is 0 Å². The summed E-state index contributed by atoms with van der Waals surface area (Å²) >= 11 is 16.3. The molecule has 2 rings (SSSR count). The molecule has 0 aromatic rings. The molecule has 0 aliphatic carbocycles. The van der Waals surface area contributed by atoms with Crippen LogP contribution in [0.4, 0.5) is 0 Å². The van der Waals surface area contributed by atoms with Crippen molar-refractivity contribution in [3.63, 3.8) is 0 Å². The summed E-state index contributed by atoms with van der Waals surface area (Å²) in [6.07, 6.45) is 3.73. The summed E-state index contributed by atoms with van der Waals surface area (Å²) in [5.74, 6) is 1.52. The van der Waals surface area contributed by atoms with E-state index in [9.17, 15) is 0 Å². The molecule has 0 atom stereocenters. The topological polar surface area (TPSA) is 25.8 Å². The third-order valence-electron chi connectivity index (χ3n) is 1.78. The van der Waals surface area contributed by atoms with Gasteiger partial charge in [0.05, 0.1) is 5.56 Å². The van der Waals surface area contributed by atoms with Crippen LogP contribution in [0, 0.1) is 0 Å². The van der Waals surface area contributed by atoms with Crippen LogP contribution < -0.4 is 0 Å². The van der Waals surface area contributed by atoms with E-state index in [0.29, 0.717) is 16.1 Å². The first-order valence-corrected chi connectivity index (χ1v) is 5.79. The fourth-order valence-corrected chi connectivity index (χ4v) is 1.69. The first kappa shape index (κ1) is 12.0. The summed E-state index contributed by atoms with van der Waals surface area (Å²) in [4.78, 5) is 7.46. The molecule has 5 heteroatoms. The molecule has 0 fully saturated rings. The lowest BCUT2D eigenvalue weighted by molar-refractivity contribution is 0.776. The van der Waals surface area contributed by atoms with E-state index < -0.39 is 0 Å². The van der Waals surface area contributed by atoms with Crippen molar-refractivity contribution in [2.45, 2.75) is 26.2 Å². The number of nitrogens with zero attached hydrogens (tertiary/aromatic N) is 2. The number of unbranched alkanes of at least 4 members (excludes halogenated alkanes) is 2. The Morgan fingerprint density at radius 3 is 1.79 bits per heavy atom. The van der Waals surface area contributed by atoms with Gasteiger partial charge >= 0.3 is 0 Å². The Morgan fingerprint density at radius 2 is 1.64 bits per heavy atom. The Labute approximate surface area is 98.6 Å². The fourth-order valence-electron chi connectivity index (χ4n) is 0.943. The minimum Gasteiger partial charge on any atom is -0.215 e. The zero-order valence-corrected chi connectivity index (χ0v) is 10.1. The van der Waals surface area contributed by atoms with Gasteiger partial charge in [-0.05, 0) is 6.42 Å². The molecule has 14 heavy (non-hydrogen) atoms. The van der Waals surface area contributed by atoms with E-state index >= 15 is 0 Å². The maximum Gasteiger partial charge on any atom is 0.168 e. The quantitative estimate of drug-likeness (QED) is 0.466. The Kier molecular flexibility index (Phi) is 4.93. The Morgan fingerprint density at radius 1 is 1.07 bits per heavy atom. The Bertz CT molecular complexity index is 288. The molecular weight excluding hydrogens is 242 g/mol. The van der Waals surface area contributed by atoms with Crippen molar-refractivity contribution in [3.8, 4) is 11.4 Å². The van der Waals surface area contributed by atoms with Gasteiger partial charge in [-0.2, -0.15) is 0 Å². The zero-order chi connectivity index (χ0) is 10.6. The third kappa shape index (κ3) is 2.72. The molecule has 0 saturated heterocycles. The minimum atomic E-state index is 0.486. The predicted molar refractivity (Wildman–Crippen MR) is 61.3 cm³/mol. The molecule has 0 bridgehead atoms. The van der Waals surface area contributed by atoms with Crippen molar-refractivity contribution < 1.29 is 0 Å². The zero-order valence-electron chi connectivity index (χ0n) is 7.86. The van der Waals surface area contributed by atoms with E-state index in [1.165, 1.54) is 19.3 Å². The highest BCUT2D eigenvalue weighted by atomic mass is 35.5. The lowest BCUT2D eigenvalue weighted by Gasteiger charge is -2.14. The normalized spacial score (nSPS) is 10.6. The van der Waals surface area contributed by atoms with Crippen LogP contribution in [0.5, 0.6) is 0 Å². The molecule has 0 unspecified atom stereocenters. The molecule has 2 aliphatic rings. The number of aromatic nitrogens is 2. The SMILES string of the molecule is CCCCCCl.Clc1nc2nc(Cl)c1-2. The monoisotopic (exact) mass is 252 g/mol. The molecule has 0 aromatic heterocycles. The molecule has 0 amide bonds. The third-order valence-corrected chi connectivity index (χ3v) is 2.60. The van der Waals surface area contributed by atoms with Crippen molar-refractivity contribution in [1.82, 2.24) is 9.97 Å². The number of rotatable bonds is 3. The van der Waals surface area contributed by atoms with E-state index in [1.54, 1.807) is 0 Å².